The number of amides is 1. The first-order chi connectivity index (χ1) is 10.5. The second-order valence-electron chi connectivity index (χ2n) is 4.74. The summed E-state index contributed by atoms with van der Waals surface area (Å²) < 4.78 is 10.4. The van der Waals surface area contributed by atoms with Crippen molar-refractivity contribution in [2.45, 2.75) is 12.8 Å². The van der Waals surface area contributed by atoms with Crippen LogP contribution in [0.2, 0.25) is 0 Å². The Morgan fingerprint density at radius 2 is 1.77 bits per heavy atom. The molecule has 0 spiro atoms. The van der Waals surface area contributed by atoms with Crippen LogP contribution in [0, 0.1) is 0 Å². The molecule has 7 heteroatoms. The third-order valence-electron chi connectivity index (χ3n) is 3.32. The Kier molecular flexibility index (Phi) is 4.45. The zero-order valence-corrected chi connectivity index (χ0v) is 12.5. The molecular weight excluding hydrogens is 286 g/mol. The van der Waals surface area contributed by atoms with Crippen LogP contribution in [0.4, 0.5) is 0 Å². The maximum Gasteiger partial charge on any atom is 0.252 e. The largest absolute Gasteiger partial charge is 0.497 e. The molecule has 0 saturated heterocycles. The highest BCUT2D eigenvalue weighted by molar-refractivity contribution is 5.97. The fourth-order valence-corrected chi connectivity index (χ4v) is 2.30. The lowest BCUT2D eigenvalue weighted by Crippen LogP contribution is -2.18. The first-order valence-electron chi connectivity index (χ1n) is 6.54. The van der Waals surface area contributed by atoms with Crippen molar-refractivity contribution in [3.8, 4) is 11.5 Å². The second-order valence-corrected chi connectivity index (χ2v) is 4.74. The van der Waals surface area contributed by atoms with E-state index in [9.17, 15) is 9.59 Å². The third kappa shape index (κ3) is 2.93. The molecule has 2 rings (SSSR count). The number of hydrogen-bond acceptors (Lipinski definition) is 5. The number of rotatable bonds is 6. The van der Waals surface area contributed by atoms with Crippen molar-refractivity contribution in [1.29, 1.82) is 0 Å². The van der Waals surface area contributed by atoms with E-state index < -0.39 is 11.8 Å². The standard InChI is InChI=1S/C15H17N3O4/c1-8(19)13(14-12(15(16)20)7-17-18-14)9-4-10(21-2)6-11(5-9)22-3/h4-7,13H,1-3H3,(H2,16,20)(H,17,18). The highest BCUT2D eigenvalue weighted by Crippen LogP contribution is 2.32. The number of Topliss-reactive ketones (excluding diaryl/α,β-unsaturated/α-hetero) is 1. The van der Waals surface area contributed by atoms with Gasteiger partial charge in [0, 0.05) is 12.3 Å². The molecule has 0 aliphatic heterocycles. The van der Waals surface area contributed by atoms with Gasteiger partial charge in [0.15, 0.2) is 0 Å². The van der Waals surface area contributed by atoms with E-state index in [1.54, 1.807) is 18.2 Å². The van der Waals surface area contributed by atoms with E-state index in [0.29, 0.717) is 17.1 Å². The highest BCUT2D eigenvalue weighted by atomic mass is 16.5. The number of carbonyl (C=O) groups is 2. The van der Waals surface area contributed by atoms with Crippen LogP contribution >= 0.6 is 0 Å². The fraction of sp³-hybridized carbons (Fsp3) is 0.267. The van der Waals surface area contributed by atoms with Gasteiger partial charge in [0.25, 0.3) is 5.91 Å². The highest BCUT2D eigenvalue weighted by Gasteiger charge is 2.27. The molecule has 22 heavy (non-hydrogen) atoms. The predicted octanol–water partition coefficient (Wildman–Crippen LogP) is 1.25. The molecule has 0 saturated carbocycles. The smallest absolute Gasteiger partial charge is 0.252 e. The van der Waals surface area contributed by atoms with E-state index in [2.05, 4.69) is 10.2 Å². The number of aromatic nitrogens is 2. The lowest BCUT2D eigenvalue weighted by molar-refractivity contribution is -0.117. The molecule has 0 aliphatic rings. The first-order valence-corrected chi connectivity index (χ1v) is 6.54. The van der Waals surface area contributed by atoms with E-state index in [-0.39, 0.29) is 17.0 Å². The maximum atomic E-state index is 12.1. The molecule has 1 heterocycles. The number of nitrogens with one attached hydrogen (secondary N) is 1. The van der Waals surface area contributed by atoms with Gasteiger partial charge in [0.2, 0.25) is 0 Å². The van der Waals surface area contributed by atoms with Crippen molar-refractivity contribution >= 4 is 11.7 Å². The van der Waals surface area contributed by atoms with Crippen LogP contribution in [0.3, 0.4) is 0 Å². The van der Waals surface area contributed by atoms with Crippen LogP contribution in [-0.4, -0.2) is 36.1 Å². The van der Waals surface area contributed by atoms with E-state index in [0.717, 1.165) is 0 Å². The molecule has 1 aromatic heterocycles. The molecule has 7 nitrogen and oxygen atoms in total. The minimum absolute atomic E-state index is 0.176. The summed E-state index contributed by atoms with van der Waals surface area (Å²) >= 11 is 0. The Morgan fingerprint density at radius 1 is 1.18 bits per heavy atom. The number of primary amides is 1. The summed E-state index contributed by atoms with van der Waals surface area (Å²) in [5.74, 6) is -0.485. The zero-order chi connectivity index (χ0) is 16.3. The van der Waals surface area contributed by atoms with Gasteiger partial charge in [-0.15, -0.1) is 0 Å². The summed E-state index contributed by atoms with van der Waals surface area (Å²) in [6.07, 6.45) is 1.38. The van der Waals surface area contributed by atoms with Crippen molar-refractivity contribution in [2.75, 3.05) is 14.2 Å². The number of nitrogens with zero attached hydrogens (tertiary/aromatic N) is 1. The number of aromatic amines is 1. The summed E-state index contributed by atoms with van der Waals surface area (Å²) in [5, 5.41) is 6.59. The average molecular weight is 303 g/mol. The third-order valence-corrected chi connectivity index (χ3v) is 3.32. The molecule has 1 atom stereocenters. The Morgan fingerprint density at radius 3 is 2.23 bits per heavy atom. The summed E-state index contributed by atoms with van der Waals surface area (Å²) in [7, 11) is 3.04. The van der Waals surface area contributed by atoms with E-state index in [1.807, 2.05) is 0 Å². The maximum absolute atomic E-state index is 12.1. The van der Waals surface area contributed by atoms with Crippen molar-refractivity contribution < 1.29 is 19.1 Å². The Balaban J connectivity index is 2.60. The molecule has 0 fully saturated rings. The summed E-state index contributed by atoms with van der Waals surface area (Å²) in [6.45, 7) is 1.43. The van der Waals surface area contributed by atoms with Crippen LogP contribution in [0.5, 0.6) is 11.5 Å². The summed E-state index contributed by atoms with van der Waals surface area (Å²) in [5.41, 5.74) is 6.41. The molecule has 2 aromatic rings. The van der Waals surface area contributed by atoms with Gasteiger partial charge in [-0.05, 0) is 24.6 Å². The lowest BCUT2D eigenvalue weighted by Gasteiger charge is -2.15. The van der Waals surface area contributed by atoms with Crippen LogP contribution in [0.25, 0.3) is 0 Å². The molecule has 0 aliphatic carbocycles. The number of carbonyl (C=O) groups excluding carboxylic acids is 2. The predicted molar refractivity (Wildman–Crippen MR) is 79.2 cm³/mol. The zero-order valence-electron chi connectivity index (χ0n) is 12.5. The van der Waals surface area contributed by atoms with Gasteiger partial charge in [-0.25, -0.2) is 0 Å². The van der Waals surface area contributed by atoms with E-state index in [4.69, 9.17) is 15.2 Å². The molecule has 0 radical (unpaired) electrons. The molecule has 1 aromatic carbocycles. The average Bonchev–Trinajstić information content (AvgIpc) is 2.95. The van der Waals surface area contributed by atoms with Gasteiger partial charge >= 0.3 is 0 Å². The first kappa shape index (κ1) is 15.6. The molecule has 0 bridgehead atoms. The Bertz CT molecular complexity index is 686. The number of ether oxygens (including phenoxy) is 2. The number of ketones is 1. The molecule has 3 N–H and O–H groups in total. The van der Waals surface area contributed by atoms with Gasteiger partial charge in [-0.3, -0.25) is 14.7 Å². The fourth-order valence-electron chi connectivity index (χ4n) is 2.30. The topological polar surface area (TPSA) is 107 Å². The number of benzene rings is 1. The van der Waals surface area contributed by atoms with Gasteiger partial charge in [0.1, 0.15) is 17.3 Å². The van der Waals surface area contributed by atoms with Gasteiger partial charge in [0.05, 0.1) is 31.4 Å². The Labute approximate surface area is 127 Å². The normalized spacial score (nSPS) is 11.8. The molecule has 1 unspecified atom stereocenters. The van der Waals surface area contributed by atoms with Gasteiger partial charge in [-0.2, -0.15) is 5.10 Å². The number of methoxy groups -OCH3 is 2. The SMILES string of the molecule is COc1cc(OC)cc(C(C(C)=O)c2n[nH]cc2C(N)=O)c1. The van der Waals surface area contributed by atoms with Crippen molar-refractivity contribution in [1.82, 2.24) is 10.2 Å². The van der Waals surface area contributed by atoms with Crippen LogP contribution in [-0.2, 0) is 4.79 Å². The van der Waals surface area contributed by atoms with Crippen LogP contribution in [0.15, 0.2) is 24.4 Å². The monoisotopic (exact) mass is 303 g/mol. The number of H-pyrrole nitrogens is 1. The minimum Gasteiger partial charge on any atom is -0.497 e. The molecule has 1 amide bonds. The number of nitrogens with two attached hydrogens (primary N) is 1. The number of hydrogen-bond donors (Lipinski definition) is 2. The molecule has 116 valence electrons. The summed E-state index contributed by atoms with van der Waals surface area (Å²) in [6, 6.07) is 5.10. The van der Waals surface area contributed by atoms with Crippen molar-refractivity contribution in [3.05, 3.63) is 41.2 Å². The molecular formula is C15H17N3O4. The second kappa shape index (κ2) is 6.30. The van der Waals surface area contributed by atoms with Gasteiger partial charge in [-0.1, -0.05) is 0 Å². The minimum atomic E-state index is -0.738. The van der Waals surface area contributed by atoms with Crippen molar-refractivity contribution in [3.63, 3.8) is 0 Å². The quantitative estimate of drug-likeness (QED) is 0.835. The van der Waals surface area contributed by atoms with Crippen molar-refractivity contribution in [2.24, 2.45) is 5.73 Å². The van der Waals surface area contributed by atoms with Crippen LogP contribution < -0.4 is 15.2 Å². The van der Waals surface area contributed by atoms with Crippen LogP contribution in [0.1, 0.15) is 34.5 Å². The Hall–Kier alpha value is -2.83. The van der Waals surface area contributed by atoms with Gasteiger partial charge < -0.3 is 15.2 Å². The summed E-state index contributed by atoms with van der Waals surface area (Å²) in [4.78, 5) is 23.6. The lowest BCUT2D eigenvalue weighted by atomic mass is 9.89. The van der Waals surface area contributed by atoms with E-state index >= 15 is 0 Å². The van der Waals surface area contributed by atoms with E-state index in [1.165, 1.54) is 27.3 Å².